The van der Waals surface area contributed by atoms with E-state index in [-0.39, 0.29) is 12.5 Å². The summed E-state index contributed by atoms with van der Waals surface area (Å²) in [5, 5.41) is 9.52. The van der Waals surface area contributed by atoms with Gasteiger partial charge in [0.25, 0.3) is 0 Å². The molecular formula is C15H17NO2. The Kier molecular flexibility index (Phi) is 4.31. The second-order valence-electron chi connectivity index (χ2n) is 4.21. The first-order chi connectivity index (χ1) is 8.83. The molecule has 1 aromatic carbocycles. The average molecular weight is 243 g/mol. The number of benzene rings is 1. The first kappa shape index (κ1) is 12.6. The second-order valence-corrected chi connectivity index (χ2v) is 4.21. The monoisotopic (exact) mass is 243 g/mol. The number of hydrogen-bond acceptors (Lipinski definition) is 3. The minimum Gasteiger partial charge on any atom is -0.497 e. The smallest absolute Gasteiger partial charge is 0.118 e. The van der Waals surface area contributed by atoms with Crippen LogP contribution >= 0.6 is 0 Å². The molecule has 0 spiro atoms. The zero-order chi connectivity index (χ0) is 12.8. The van der Waals surface area contributed by atoms with Gasteiger partial charge in [0.1, 0.15) is 5.75 Å². The van der Waals surface area contributed by atoms with E-state index in [9.17, 15) is 5.11 Å². The summed E-state index contributed by atoms with van der Waals surface area (Å²) in [6.45, 7) is 0.134. The van der Waals surface area contributed by atoms with Crippen molar-refractivity contribution in [2.75, 3.05) is 13.7 Å². The van der Waals surface area contributed by atoms with Gasteiger partial charge in [0.05, 0.1) is 13.7 Å². The first-order valence-electron chi connectivity index (χ1n) is 5.97. The van der Waals surface area contributed by atoms with Crippen molar-refractivity contribution in [2.24, 2.45) is 0 Å². The van der Waals surface area contributed by atoms with Crippen molar-refractivity contribution in [3.8, 4) is 5.75 Å². The van der Waals surface area contributed by atoms with E-state index >= 15 is 0 Å². The maximum absolute atomic E-state index is 9.52. The number of aliphatic hydroxyl groups excluding tert-OH is 1. The standard InChI is InChI=1S/C15H17NO2/c1-18-15-4-2-13(3-5-15)14(11-17)10-12-6-8-16-9-7-12/h2-9,14,17H,10-11H2,1H3. The molecule has 1 heterocycles. The largest absolute Gasteiger partial charge is 0.497 e. The number of aromatic nitrogens is 1. The van der Waals surface area contributed by atoms with Gasteiger partial charge in [0.15, 0.2) is 0 Å². The maximum atomic E-state index is 9.52. The van der Waals surface area contributed by atoms with E-state index in [1.54, 1.807) is 19.5 Å². The van der Waals surface area contributed by atoms with E-state index in [2.05, 4.69) is 4.98 Å². The fourth-order valence-electron chi connectivity index (χ4n) is 1.97. The third-order valence-electron chi connectivity index (χ3n) is 3.04. The number of methoxy groups -OCH3 is 1. The van der Waals surface area contributed by atoms with Gasteiger partial charge in [-0.25, -0.2) is 0 Å². The summed E-state index contributed by atoms with van der Waals surface area (Å²) in [4.78, 5) is 3.99. The fraction of sp³-hybridized carbons (Fsp3) is 0.267. The van der Waals surface area contributed by atoms with Crippen LogP contribution in [-0.2, 0) is 6.42 Å². The Morgan fingerprint density at radius 3 is 2.33 bits per heavy atom. The highest BCUT2D eigenvalue weighted by Gasteiger charge is 2.11. The van der Waals surface area contributed by atoms with Gasteiger partial charge in [0.2, 0.25) is 0 Å². The molecule has 3 heteroatoms. The van der Waals surface area contributed by atoms with Crippen molar-refractivity contribution in [3.05, 3.63) is 59.9 Å². The van der Waals surface area contributed by atoms with Crippen LogP contribution in [0.4, 0.5) is 0 Å². The lowest BCUT2D eigenvalue weighted by Gasteiger charge is -2.15. The Bertz CT molecular complexity index is 468. The van der Waals surface area contributed by atoms with Crippen LogP contribution in [0.25, 0.3) is 0 Å². The minimum absolute atomic E-state index is 0.110. The number of nitrogens with zero attached hydrogens (tertiary/aromatic N) is 1. The Labute approximate surface area is 107 Å². The Balaban J connectivity index is 2.12. The number of aliphatic hydroxyl groups is 1. The molecule has 1 unspecified atom stereocenters. The number of pyridine rings is 1. The molecule has 0 fully saturated rings. The summed E-state index contributed by atoms with van der Waals surface area (Å²) in [5.74, 6) is 0.942. The predicted molar refractivity (Wildman–Crippen MR) is 70.8 cm³/mol. The summed E-state index contributed by atoms with van der Waals surface area (Å²) < 4.78 is 5.13. The van der Waals surface area contributed by atoms with E-state index in [4.69, 9.17) is 4.74 Å². The van der Waals surface area contributed by atoms with E-state index in [0.29, 0.717) is 0 Å². The van der Waals surface area contributed by atoms with Gasteiger partial charge < -0.3 is 9.84 Å². The highest BCUT2D eigenvalue weighted by molar-refractivity contribution is 5.30. The molecule has 0 aliphatic carbocycles. The van der Waals surface area contributed by atoms with Crippen LogP contribution in [0.1, 0.15) is 17.0 Å². The molecule has 94 valence electrons. The van der Waals surface area contributed by atoms with E-state index in [1.165, 1.54) is 5.56 Å². The Morgan fingerprint density at radius 2 is 1.78 bits per heavy atom. The van der Waals surface area contributed by atoms with Crippen LogP contribution < -0.4 is 4.74 Å². The van der Waals surface area contributed by atoms with Gasteiger partial charge in [0, 0.05) is 18.3 Å². The van der Waals surface area contributed by atoms with Crippen LogP contribution in [0, 0.1) is 0 Å². The maximum Gasteiger partial charge on any atom is 0.118 e. The van der Waals surface area contributed by atoms with Crippen LogP contribution in [0.15, 0.2) is 48.8 Å². The predicted octanol–water partition coefficient (Wildman–Crippen LogP) is 2.41. The molecule has 0 saturated carbocycles. The van der Waals surface area contributed by atoms with Crippen LogP contribution in [0.3, 0.4) is 0 Å². The molecule has 1 atom stereocenters. The molecule has 0 amide bonds. The zero-order valence-corrected chi connectivity index (χ0v) is 10.4. The quantitative estimate of drug-likeness (QED) is 0.877. The topological polar surface area (TPSA) is 42.4 Å². The van der Waals surface area contributed by atoms with Crippen molar-refractivity contribution >= 4 is 0 Å². The summed E-state index contributed by atoms with van der Waals surface area (Å²) in [6.07, 6.45) is 4.36. The number of rotatable bonds is 5. The molecule has 0 saturated heterocycles. The molecule has 3 nitrogen and oxygen atoms in total. The summed E-state index contributed by atoms with van der Waals surface area (Å²) in [7, 11) is 1.65. The second kappa shape index (κ2) is 6.17. The average Bonchev–Trinajstić information content (AvgIpc) is 2.46. The van der Waals surface area contributed by atoms with Gasteiger partial charge in [-0.15, -0.1) is 0 Å². The van der Waals surface area contributed by atoms with Crippen molar-refractivity contribution < 1.29 is 9.84 Å². The fourth-order valence-corrected chi connectivity index (χ4v) is 1.97. The highest BCUT2D eigenvalue weighted by atomic mass is 16.5. The molecule has 0 bridgehead atoms. The third kappa shape index (κ3) is 3.08. The van der Waals surface area contributed by atoms with Crippen LogP contribution in [-0.4, -0.2) is 23.8 Å². The van der Waals surface area contributed by atoms with Gasteiger partial charge >= 0.3 is 0 Å². The summed E-state index contributed by atoms with van der Waals surface area (Å²) >= 11 is 0. The number of ether oxygens (including phenoxy) is 1. The molecular weight excluding hydrogens is 226 g/mol. The molecule has 0 radical (unpaired) electrons. The van der Waals surface area contributed by atoms with Gasteiger partial charge in [-0.05, 0) is 41.8 Å². The van der Waals surface area contributed by atoms with Crippen molar-refractivity contribution in [2.45, 2.75) is 12.3 Å². The van der Waals surface area contributed by atoms with E-state index in [1.807, 2.05) is 36.4 Å². The van der Waals surface area contributed by atoms with Crippen LogP contribution in [0.2, 0.25) is 0 Å². The van der Waals surface area contributed by atoms with E-state index in [0.717, 1.165) is 17.7 Å². The van der Waals surface area contributed by atoms with Crippen LogP contribution in [0.5, 0.6) is 5.75 Å². The Hall–Kier alpha value is -1.87. The molecule has 2 rings (SSSR count). The lowest BCUT2D eigenvalue weighted by Crippen LogP contribution is -2.07. The normalized spacial score (nSPS) is 12.1. The highest BCUT2D eigenvalue weighted by Crippen LogP contribution is 2.22. The molecule has 0 aliphatic rings. The number of hydrogen-bond donors (Lipinski definition) is 1. The molecule has 1 N–H and O–H groups in total. The molecule has 0 aliphatic heterocycles. The lowest BCUT2D eigenvalue weighted by molar-refractivity contribution is 0.264. The zero-order valence-electron chi connectivity index (χ0n) is 10.4. The van der Waals surface area contributed by atoms with Gasteiger partial charge in [-0.1, -0.05) is 12.1 Å². The molecule has 2 aromatic rings. The van der Waals surface area contributed by atoms with Crippen molar-refractivity contribution in [3.63, 3.8) is 0 Å². The van der Waals surface area contributed by atoms with Gasteiger partial charge in [-0.2, -0.15) is 0 Å². The first-order valence-corrected chi connectivity index (χ1v) is 5.97. The summed E-state index contributed by atoms with van der Waals surface area (Å²) in [6, 6.07) is 11.8. The van der Waals surface area contributed by atoms with E-state index < -0.39 is 0 Å². The Morgan fingerprint density at radius 1 is 1.11 bits per heavy atom. The van der Waals surface area contributed by atoms with Crippen molar-refractivity contribution in [1.29, 1.82) is 0 Å². The minimum atomic E-state index is 0.110. The molecule has 1 aromatic heterocycles. The van der Waals surface area contributed by atoms with Gasteiger partial charge in [-0.3, -0.25) is 4.98 Å². The molecule has 18 heavy (non-hydrogen) atoms. The lowest BCUT2D eigenvalue weighted by atomic mass is 9.93. The third-order valence-corrected chi connectivity index (χ3v) is 3.04. The SMILES string of the molecule is COc1ccc(C(CO)Cc2ccncc2)cc1. The van der Waals surface area contributed by atoms with Crippen molar-refractivity contribution in [1.82, 2.24) is 4.98 Å². The summed E-state index contributed by atoms with van der Waals surface area (Å²) in [5.41, 5.74) is 2.30.